The van der Waals surface area contributed by atoms with Crippen LogP contribution in [0.1, 0.15) is 40.3 Å². The number of ether oxygens (including phenoxy) is 3. The highest BCUT2D eigenvalue weighted by molar-refractivity contribution is 5.82. The predicted octanol–water partition coefficient (Wildman–Crippen LogP) is 4.81. The highest BCUT2D eigenvalue weighted by atomic mass is 16.5. The second-order valence-electron chi connectivity index (χ2n) is 9.79. The molecule has 1 N–H and O–H groups in total. The lowest BCUT2D eigenvalue weighted by molar-refractivity contribution is 0.00284. The van der Waals surface area contributed by atoms with Gasteiger partial charge in [-0.3, -0.25) is 4.98 Å². The number of hydrogen-bond donors (Lipinski definition) is 1. The van der Waals surface area contributed by atoms with Gasteiger partial charge in [0.05, 0.1) is 44.4 Å². The van der Waals surface area contributed by atoms with E-state index in [9.17, 15) is 10.4 Å². The van der Waals surface area contributed by atoms with Crippen LogP contribution in [0.15, 0.2) is 60.8 Å². The summed E-state index contributed by atoms with van der Waals surface area (Å²) in [5, 5.41) is 23.2. The van der Waals surface area contributed by atoms with Crippen LogP contribution in [0.5, 0.6) is 17.4 Å². The Morgan fingerprint density at radius 2 is 1.79 bits per heavy atom. The van der Waals surface area contributed by atoms with Crippen LogP contribution in [-0.4, -0.2) is 61.9 Å². The molecule has 0 aliphatic heterocycles. The molecule has 0 aliphatic carbocycles. The van der Waals surface area contributed by atoms with Crippen LogP contribution in [0.4, 0.5) is 0 Å². The van der Waals surface area contributed by atoms with Crippen molar-refractivity contribution in [3.05, 3.63) is 88.7 Å². The molecule has 2 heterocycles. The summed E-state index contributed by atoms with van der Waals surface area (Å²) in [6.45, 7) is 2.50. The van der Waals surface area contributed by atoms with Gasteiger partial charge in [0.25, 0.3) is 0 Å². The smallest absolute Gasteiger partial charge is 0.217 e. The third kappa shape index (κ3) is 5.51. The van der Waals surface area contributed by atoms with Gasteiger partial charge in [-0.05, 0) is 63.8 Å². The molecular weight excluding hydrogens is 492 g/mol. The van der Waals surface area contributed by atoms with Crippen molar-refractivity contribution in [1.82, 2.24) is 14.9 Å². The van der Waals surface area contributed by atoms with Gasteiger partial charge in [-0.1, -0.05) is 18.2 Å². The maximum Gasteiger partial charge on any atom is 0.217 e. The molecule has 0 saturated carbocycles. The van der Waals surface area contributed by atoms with Crippen LogP contribution >= 0.6 is 0 Å². The molecule has 0 amide bonds. The van der Waals surface area contributed by atoms with Gasteiger partial charge < -0.3 is 24.2 Å². The molecule has 0 saturated heterocycles. The van der Waals surface area contributed by atoms with Crippen LogP contribution in [0.2, 0.25) is 0 Å². The fourth-order valence-electron chi connectivity index (χ4n) is 5.01. The number of methoxy groups -OCH3 is 3. The molecule has 8 nitrogen and oxygen atoms in total. The van der Waals surface area contributed by atoms with Crippen molar-refractivity contribution < 1.29 is 19.3 Å². The first-order valence-corrected chi connectivity index (χ1v) is 12.7. The van der Waals surface area contributed by atoms with E-state index in [0.717, 1.165) is 11.1 Å². The van der Waals surface area contributed by atoms with E-state index >= 15 is 0 Å². The molecule has 0 spiro atoms. The summed E-state index contributed by atoms with van der Waals surface area (Å²) in [7, 11) is 8.67. The number of benzene rings is 2. The second kappa shape index (κ2) is 11.7. The largest absolute Gasteiger partial charge is 0.493 e. The Kier molecular flexibility index (Phi) is 8.34. The normalized spacial score (nSPS) is 13.5. The van der Waals surface area contributed by atoms with Crippen LogP contribution in [0.3, 0.4) is 0 Å². The minimum absolute atomic E-state index is 0.366. The van der Waals surface area contributed by atoms with E-state index < -0.39 is 11.5 Å². The molecule has 202 valence electrons. The molecule has 4 aromatic rings. The van der Waals surface area contributed by atoms with Gasteiger partial charge in [-0.15, -0.1) is 0 Å². The van der Waals surface area contributed by atoms with Gasteiger partial charge in [-0.25, -0.2) is 4.98 Å². The number of pyridine rings is 2. The predicted molar refractivity (Wildman–Crippen MR) is 150 cm³/mol. The molecule has 8 heteroatoms. The van der Waals surface area contributed by atoms with Crippen LogP contribution in [-0.2, 0) is 5.60 Å². The zero-order chi connectivity index (χ0) is 28.2. The Morgan fingerprint density at radius 3 is 2.41 bits per heavy atom. The average Bonchev–Trinajstić information content (AvgIpc) is 2.95. The van der Waals surface area contributed by atoms with Crippen molar-refractivity contribution in [3.63, 3.8) is 0 Å². The molecule has 4 rings (SSSR count). The molecule has 0 aliphatic rings. The number of aliphatic hydroxyl groups is 1. The quantitative estimate of drug-likeness (QED) is 0.314. The molecular formula is C31H34N4O4. The van der Waals surface area contributed by atoms with Crippen LogP contribution < -0.4 is 14.2 Å². The fraction of sp³-hybridized carbons (Fsp3) is 0.323. The summed E-state index contributed by atoms with van der Waals surface area (Å²) < 4.78 is 17.4. The summed E-state index contributed by atoms with van der Waals surface area (Å²) in [6, 6.07) is 18.9. The lowest BCUT2D eigenvalue weighted by Gasteiger charge is -2.39. The van der Waals surface area contributed by atoms with E-state index in [0.29, 0.717) is 58.1 Å². The Balaban J connectivity index is 2.11. The minimum atomic E-state index is -1.46. The van der Waals surface area contributed by atoms with Gasteiger partial charge in [0, 0.05) is 40.5 Å². The Morgan fingerprint density at radius 1 is 1.00 bits per heavy atom. The van der Waals surface area contributed by atoms with Gasteiger partial charge in [0.15, 0.2) is 11.5 Å². The maximum absolute atomic E-state index is 12.9. The Labute approximate surface area is 229 Å². The number of aryl methyl sites for hydroxylation is 1. The number of para-hydroxylation sites is 1. The fourth-order valence-corrected chi connectivity index (χ4v) is 5.01. The first-order chi connectivity index (χ1) is 18.7. The topological polar surface area (TPSA) is 101 Å². The minimum Gasteiger partial charge on any atom is -0.493 e. The monoisotopic (exact) mass is 526 g/mol. The molecule has 2 unspecified atom stereocenters. The summed E-state index contributed by atoms with van der Waals surface area (Å²) in [4.78, 5) is 11.3. The van der Waals surface area contributed by atoms with Crippen LogP contribution in [0, 0.1) is 18.3 Å². The molecule has 2 atom stereocenters. The Bertz CT molecular complexity index is 1500. The van der Waals surface area contributed by atoms with E-state index in [4.69, 9.17) is 19.2 Å². The highest BCUT2D eigenvalue weighted by Gasteiger charge is 2.44. The van der Waals surface area contributed by atoms with Crippen molar-refractivity contribution in [2.45, 2.75) is 24.9 Å². The maximum atomic E-state index is 12.9. The molecule has 0 fully saturated rings. The molecule has 2 aromatic heterocycles. The number of rotatable bonds is 10. The van der Waals surface area contributed by atoms with Crippen molar-refractivity contribution in [2.24, 2.45) is 0 Å². The number of nitriles is 1. The zero-order valence-corrected chi connectivity index (χ0v) is 23.2. The first-order valence-electron chi connectivity index (χ1n) is 12.7. The molecule has 2 aromatic carbocycles. The first kappa shape index (κ1) is 27.8. The van der Waals surface area contributed by atoms with E-state index in [2.05, 4.69) is 11.1 Å². The van der Waals surface area contributed by atoms with E-state index in [1.807, 2.05) is 62.3 Å². The standard InChI is InChI=1S/C31H34N4O4/c1-20-10-12-23(19-33-20)31(36,14-15-35(2)3)28(24-8-7-9-27(37-4)29(24)38-5)25-17-22-16-21(18-32)11-13-26(22)34-30(25)39-6/h7-13,16-17,19,28,36H,14-15H2,1-6H3. The van der Waals surface area contributed by atoms with E-state index in [-0.39, 0.29) is 0 Å². The van der Waals surface area contributed by atoms with E-state index in [1.54, 1.807) is 45.7 Å². The van der Waals surface area contributed by atoms with E-state index in [1.165, 1.54) is 0 Å². The SMILES string of the molecule is COc1cccc(C(c2cc3cc(C#N)ccc3nc2OC)C(O)(CCN(C)C)c2ccc(C)nc2)c1OC. The number of hydrogen-bond acceptors (Lipinski definition) is 8. The van der Waals surface area contributed by atoms with Crippen molar-refractivity contribution >= 4 is 10.9 Å². The van der Waals surface area contributed by atoms with Crippen molar-refractivity contribution in [3.8, 4) is 23.4 Å². The van der Waals surface area contributed by atoms with Gasteiger partial charge in [-0.2, -0.15) is 5.26 Å². The highest BCUT2D eigenvalue weighted by Crippen LogP contribution is 2.51. The summed E-state index contributed by atoms with van der Waals surface area (Å²) in [6.07, 6.45) is 2.09. The third-order valence-corrected chi connectivity index (χ3v) is 7.01. The van der Waals surface area contributed by atoms with Gasteiger partial charge >= 0.3 is 0 Å². The van der Waals surface area contributed by atoms with Crippen LogP contribution in [0.25, 0.3) is 10.9 Å². The number of fused-ring (bicyclic) bond motifs is 1. The second-order valence-corrected chi connectivity index (χ2v) is 9.79. The molecule has 0 bridgehead atoms. The lowest BCUT2D eigenvalue weighted by atomic mass is 9.71. The third-order valence-electron chi connectivity index (χ3n) is 7.01. The summed E-state index contributed by atoms with van der Waals surface area (Å²) in [5.74, 6) is 0.702. The molecule has 39 heavy (non-hydrogen) atoms. The summed E-state index contributed by atoms with van der Waals surface area (Å²) >= 11 is 0. The van der Waals surface area contributed by atoms with Crippen molar-refractivity contribution in [1.29, 1.82) is 5.26 Å². The molecule has 0 radical (unpaired) electrons. The zero-order valence-electron chi connectivity index (χ0n) is 23.2. The van der Waals surface area contributed by atoms with Gasteiger partial charge in [0.1, 0.15) is 5.60 Å². The summed E-state index contributed by atoms with van der Waals surface area (Å²) in [5.41, 5.74) is 2.58. The number of nitrogens with zero attached hydrogens (tertiary/aromatic N) is 4. The van der Waals surface area contributed by atoms with Gasteiger partial charge in [0.2, 0.25) is 5.88 Å². The Hall–Kier alpha value is -4.19. The lowest BCUT2D eigenvalue weighted by Crippen LogP contribution is -2.38. The average molecular weight is 527 g/mol. The van der Waals surface area contributed by atoms with Crippen molar-refractivity contribution in [2.75, 3.05) is 42.0 Å². The number of aromatic nitrogens is 2.